The fourth-order valence-electron chi connectivity index (χ4n) is 1.55. The molecule has 2 N–H and O–H groups in total. The van der Waals surface area contributed by atoms with Crippen molar-refractivity contribution < 1.29 is 23.5 Å². The molecule has 0 heterocycles. The summed E-state index contributed by atoms with van der Waals surface area (Å²) in [6.07, 6.45) is 0.199. The zero-order chi connectivity index (χ0) is 14.6. The largest absolute Gasteiger partial charge is 0.480 e. The summed E-state index contributed by atoms with van der Waals surface area (Å²) in [4.78, 5) is 23.6. The molecule has 0 aromatic heterocycles. The van der Waals surface area contributed by atoms with Crippen molar-refractivity contribution in [2.45, 2.75) is 19.4 Å². The van der Waals surface area contributed by atoms with Crippen LogP contribution in [0.1, 0.15) is 13.3 Å². The molecule has 1 aromatic carbocycles. The third kappa shape index (κ3) is 3.64. The van der Waals surface area contributed by atoms with Gasteiger partial charge in [0.2, 0.25) is 0 Å². The molecule has 7 heteroatoms. The maximum atomic E-state index is 13.3. The number of nitrogens with one attached hydrogen (secondary N) is 1. The first-order chi connectivity index (χ1) is 8.86. The van der Waals surface area contributed by atoms with E-state index < -0.39 is 29.7 Å². The molecule has 2 amide bonds. The van der Waals surface area contributed by atoms with Gasteiger partial charge in [0.25, 0.3) is 0 Å². The second-order valence-corrected chi connectivity index (χ2v) is 3.93. The van der Waals surface area contributed by atoms with Gasteiger partial charge in [0.15, 0.2) is 0 Å². The van der Waals surface area contributed by atoms with E-state index >= 15 is 0 Å². The molecule has 104 valence electrons. The van der Waals surface area contributed by atoms with Crippen molar-refractivity contribution in [3.63, 3.8) is 0 Å². The van der Waals surface area contributed by atoms with Gasteiger partial charge in [0.1, 0.15) is 17.7 Å². The monoisotopic (exact) mass is 272 g/mol. The standard InChI is InChI=1S/C12H14F2N2O3/c1-3-10(11(17)18)16(2)12(19)15-9-6-7(13)4-5-8(9)14/h4-6,10H,3H2,1-2H3,(H,15,19)(H,17,18). The molecular formula is C12H14F2N2O3. The molecule has 0 aliphatic carbocycles. The zero-order valence-electron chi connectivity index (χ0n) is 10.5. The van der Waals surface area contributed by atoms with Gasteiger partial charge in [-0.25, -0.2) is 18.4 Å². The molecule has 0 fully saturated rings. The first kappa shape index (κ1) is 14.9. The maximum absolute atomic E-state index is 13.3. The molecular weight excluding hydrogens is 258 g/mol. The van der Waals surface area contributed by atoms with Gasteiger partial charge in [-0.2, -0.15) is 0 Å². The number of carbonyl (C=O) groups is 2. The normalized spacial score (nSPS) is 11.8. The molecule has 0 spiro atoms. The number of hydrogen-bond acceptors (Lipinski definition) is 2. The Labute approximate surface area is 108 Å². The number of nitrogens with zero attached hydrogens (tertiary/aromatic N) is 1. The number of hydrogen-bond donors (Lipinski definition) is 2. The van der Waals surface area contributed by atoms with Crippen LogP contribution in [-0.2, 0) is 4.79 Å². The molecule has 1 rings (SSSR count). The van der Waals surface area contributed by atoms with Crippen molar-refractivity contribution in [2.75, 3.05) is 12.4 Å². The van der Waals surface area contributed by atoms with Gasteiger partial charge in [-0.15, -0.1) is 0 Å². The highest BCUT2D eigenvalue weighted by Gasteiger charge is 2.25. The number of urea groups is 1. The first-order valence-electron chi connectivity index (χ1n) is 5.58. The fourth-order valence-corrected chi connectivity index (χ4v) is 1.55. The van der Waals surface area contributed by atoms with Crippen molar-refractivity contribution in [1.82, 2.24) is 4.90 Å². The molecule has 1 atom stereocenters. The average molecular weight is 272 g/mol. The average Bonchev–Trinajstić information content (AvgIpc) is 2.34. The Morgan fingerprint density at radius 3 is 2.58 bits per heavy atom. The predicted octanol–water partition coefficient (Wildman–Crippen LogP) is 2.29. The van der Waals surface area contributed by atoms with Crippen molar-refractivity contribution in [1.29, 1.82) is 0 Å². The van der Waals surface area contributed by atoms with Crippen molar-refractivity contribution in [3.05, 3.63) is 29.8 Å². The number of benzene rings is 1. The van der Waals surface area contributed by atoms with Crippen LogP contribution in [0.15, 0.2) is 18.2 Å². The summed E-state index contributed by atoms with van der Waals surface area (Å²) in [5.74, 6) is -2.67. The van der Waals surface area contributed by atoms with Crippen molar-refractivity contribution in [2.24, 2.45) is 0 Å². The van der Waals surface area contributed by atoms with E-state index in [1.54, 1.807) is 6.92 Å². The molecule has 0 saturated carbocycles. The second-order valence-electron chi connectivity index (χ2n) is 3.93. The van der Waals surface area contributed by atoms with Crippen molar-refractivity contribution in [3.8, 4) is 0 Å². The van der Waals surface area contributed by atoms with Crippen LogP contribution in [0.25, 0.3) is 0 Å². The second kappa shape index (κ2) is 6.12. The van der Waals surface area contributed by atoms with E-state index in [4.69, 9.17) is 5.11 Å². The highest BCUT2D eigenvalue weighted by molar-refractivity contribution is 5.92. The van der Waals surface area contributed by atoms with Crippen LogP contribution in [0, 0.1) is 11.6 Å². The van der Waals surface area contributed by atoms with Gasteiger partial charge in [0.05, 0.1) is 5.69 Å². The van der Waals surface area contributed by atoms with Crippen LogP contribution in [0.3, 0.4) is 0 Å². The van der Waals surface area contributed by atoms with Crippen LogP contribution in [0.2, 0.25) is 0 Å². The molecule has 0 radical (unpaired) electrons. The smallest absolute Gasteiger partial charge is 0.326 e. The minimum atomic E-state index is -1.17. The van der Waals surface area contributed by atoms with Gasteiger partial charge >= 0.3 is 12.0 Å². The molecule has 1 unspecified atom stereocenters. The highest BCUT2D eigenvalue weighted by Crippen LogP contribution is 2.16. The Balaban J connectivity index is 2.84. The predicted molar refractivity (Wildman–Crippen MR) is 64.9 cm³/mol. The Hall–Kier alpha value is -2.18. The van der Waals surface area contributed by atoms with E-state index in [1.807, 2.05) is 0 Å². The lowest BCUT2D eigenvalue weighted by molar-refractivity contribution is -0.141. The number of carbonyl (C=O) groups excluding carboxylic acids is 1. The number of carboxylic acid groups (broad SMARTS) is 1. The van der Waals surface area contributed by atoms with Gasteiger partial charge in [0, 0.05) is 13.1 Å². The molecule has 19 heavy (non-hydrogen) atoms. The van der Waals surface area contributed by atoms with Crippen LogP contribution in [0.5, 0.6) is 0 Å². The molecule has 1 aromatic rings. The first-order valence-corrected chi connectivity index (χ1v) is 5.58. The molecule has 0 saturated heterocycles. The Kier molecular flexibility index (Phi) is 4.80. The number of halogens is 2. The lowest BCUT2D eigenvalue weighted by atomic mass is 10.2. The SMILES string of the molecule is CCC(C(=O)O)N(C)C(=O)Nc1cc(F)ccc1F. The highest BCUT2D eigenvalue weighted by atomic mass is 19.1. The van der Waals surface area contributed by atoms with Gasteiger partial charge < -0.3 is 15.3 Å². The summed E-state index contributed by atoms with van der Waals surface area (Å²) in [6.45, 7) is 1.60. The Bertz CT molecular complexity index is 494. The van der Waals surface area contributed by atoms with E-state index in [9.17, 15) is 18.4 Å². The van der Waals surface area contributed by atoms with E-state index in [-0.39, 0.29) is 12.1 Å². The minimum absolute atomic E-state index is 0.199. The van der Waals surface area contributed by atoms with Gasteiger partial charge in [-0.3, -0.25) is 0 Å². The lowest BCUT2D eigenvalue weighted by Gasteiger charge is -2.24. The van der Waals surface area contributed by atoms with Crippen LogP contribution in [-0.4, -0.2) is 35.1 Å². The summed E-state index contributed by atoms with van der Waals surface area (Å²) in [6, 6.07) is 0.763. The van der Waals surface area contributed by atoms with Gasteiger partial charge in [-0.05, 0) is 18.6 Å². The van der Waals surface area contributed by atoms with E-state index in [0.29, 0.717) is 0 Å². The maximum Gasteiger partial charge on any atom is 0.326 e. The topological polar surface area (TPSA) is 69.6 Å². The molecule has 0 aliphatic heterocycles. The molecule has 5 nitrogen and oxygen atoms in total. The number of anilines is 1. The van der Waals surface area contributed by atoms with Crippen LogP contribution >= 0.6 is 0 Å². The number of rotatable bonds is 4. The fraction of sp³-hybridized carbons (Fsp3) is 0.333. The number of likely N-dealkylation sites (N-methyl/N-ethyl adjacent to an activating group) is 1. The summed E-state index contributed by atoms with van der Waals surface area (Å²) >= 11 is 0. The summed E-state index contributed by atoms with van der Waals surface area (Å²) in [7, 11) is 1.27. The number of amides is 2. The molecule has 0 bridgehead atoms. The Morgan fingerprint density at radius 1 is 1.42 bits per heavy atom. The molecule has 0 aliphatic rings. The Morgan fingerprint density at radius 2 is 2.05 bits per heavy atom. The third-order valence-electron chi connectivity index (χ3n) is 2.63. The van der Waals surface area contributed by atoms with E-state index in [2.05, 4.69) is 5.32 Å². The quantitative estimate of drug-likeness (QED) is 0.883. The number of carboxylic acids is 1. The summed E-state index contributed by atoms with van der Waals surface area (Å²) in [5, 5.41) is 11.0. The zero-order valence-corrected chi connectivity index (χ0v) is 10.5. The summed E-state index contributed by atoms with van der Waals surface area (Å²) in [5.41, 5.74) is -0.336. The van der Waals surface area contributed by atoms with E-state index in [1.165, 1.54) is 7.05 Å². The van der Waals surface area contributed by atoms with Crippen LogP contribution in [0.4, 0.5) is 19.3 Å². The minimum Gasteiger partial charge on any atom is -0.480 e. The van der Waals surface area contributed by atoms with Gasteiger partial charge in [-0.1, -0.05) is 6.92 Å². The van der Waals surface area contributed by atoms with Crippen molar-refractivity contribution >= 4 is 17.7 Å². The lowest BCUT2D eigenvalue weighted by Crippen LogP contribution is -2.44. The van der Waals surface area contributed by atoms with Crippen LogP contribution < -0.4 is 5.32 Å². The third-order valence-corrected chi connectivity index (χ3v) is 2.63. The van der Waals surface area contributed by atoms with E-state index in [0.717, 1.165) is 23.1 Å². The number of aliphatic carboxylic acids is 1. The summed E-state index contributed by atoms with van der Waals surface area (Å²) < 4.78 is 26.2.